The van der Waals surface area contributed by atoms with Crippen molar-refractivity contribution in [2.45, 2.75) is 33.1 Å². The summed E-state index contributed by atoms with van der Waals surface area (Å²) in [6.07, 6.45) is 2.19. The summed E-state index contributed by atoms with van der Waals surface area (Å²) in [5, 5.41) is 0. The molecular formula is C13H19FN2O. The van der Waals surface area contributed by atoms with Crippen molar-refractivity contribution in [1.82, 2.24) is 0 Å². The largest absolute Gasteiger partial charge is 0.399 e. The van der Waals surface area contributed by atoms with E-state index in [1.54, 1.807) is 19.1 Å². The minimum absolute atomic E-state index is 0.0675. The molecule has 0 aromatic heterocycles. The second-order valence-electron chi connectivity index (χ2n) is 3.96. The van der Waals surface area contributed by atoms with E-state index in [9.17, 15) is 9.18 Å². The van der Waals surface area contributed by atoms with Crippen LogP contribution in [0.5, 0.6) is 0 Å². The third-order valence-corrected chi connectivity index (χ3v) is 2.60. The molecule has 3 nitrogen and oxygen atoms in total. The van der Waals surface area contributed by atoms with E-state index in [1.165, 1.54) is 11.0 Å². The molecule has 1 amide bonds. The molecule has 0 saturated heterocycles. The Morgan fingerprint density at radius 1 is 1.41 bits per heavy atom. The normalized spacial score (nSPS) is 10.3. The summed E-state index contributed by atoms with van der Waals surface area (Å²) in [5.74, 6) is -0.509. The number of nitrogen functional groups attached to an aromatic ring is 1. The average molecular weight is 238 g/mol. The summed E-state index contributed by atoms with van der Waals surface area (Å²) < 4.78 is 13.8. The molecule has 0 saturated carbocycles. The average Bonchev–Trinajstić information content (AvgIpc) is 2.31. The standard InChI is InChI=1S/C13H19FN2O/c1-3-5-8-16(13(17)4-2)12-7-6-10(15)9-11(12)14/h6-7,9H,3-5,8,15H2,1-2H3. The van der Waals surface area contributed by atoms with Gasteiger partial charge in [-0.25, -0.2) is 4.39 Å². The predicted molar refractivity (Wildman–Crippen MR) is 68.4 cm³/mol. The zero-order valence-corrected chi connectivity index (χ0v) is 10.4. The molecule has 0 radical (unpaired) electrons. The zero-order valence-electron chi connectivity index (χ0n) is 10.4. The lowest BCUT2D eigenvalue weighted by Crippen LogP contribution is -2.31. The molecule has 0 spiro atoms. The maximum atomic E-state index is 13.8. The van der Waals surface area contributed by atoms with Crippen LogP contribution in [-0.4, -0.2) is 12.5 Å². The van der Waals surface area contributed by atoms with E-state index in [2.05, 4.69) is 0 Å². The monoisotopic (exact) mass is 238 g/mol. The zero-order chi connectivity index (χ0) is 12.8. The summed E-state index contributed by atoms with van der Waals surface area (Å²) in [5.41, 5.74) is 6.18. The first-order chi connectivity index (χ1) is 8.10. The van der Waals surface area contributed by atoms with Gasteiger partial charge in [0, 0.05) is 18.7 Å². The van der Waals surface area contributed by atoms with E-state index >= 15 is 0 Å². The molecule has 2 N–H and O–H groups in total. The molecule has 0 heterocycles. The van der Waals surface area contributed by atoms with E-state index < -0.39 is 5.82 Å². The van der Waals surface area contributed by atoms with E-state index in [-0.39, 0.29) is 5.91 Å². The second kappa shape index (κ2) is 6.23. The lowest BCUT2D eigenvalue weighted by molar-refractivity contribution is -0.118. The number of nitrogens with two attached hydrogens (primary N) is 1. The van der Waals surface area contributed by atoms with Crippen molar-refractivity contribution in [1.29, 1.82) is 0 Å². The molecule has 94 valence electrons. The van der Waals surface area contributed by atoms with Crippen LogP contribution in [0.15, 0.2) is 18.2 Å². The number of anilines is 2. The van der Waals surface area contributed by atoms with Crippen molar-refractivity contribution in [2.24, 2.45) is 0 Å². The van der Waals surface area contributed by atoms with Gasteiger partial charge in [-0.3, -0.25) is 4.79 Å². The molecule has 0 bridgehead atoms. The number of halogens is 1. The number of unbranched alkanes of at least 4 members (excludes halogenated alkanes) is 1. The third-order valence-electron chi connectivity index (χ3n) is 2.60. The maximum Gasteiger partial charge on any atom is 0.226 e. The molecule has 17 heavy (non-hydrogen) atoms. The highest BCUT2D eigenvalue weighted by Crippen LogP contribution is 2.22. The summed E-state index contributed by atoms with van der Waals surface area (Å²) >= 11 is 0. The Kier molecular flexibility index (Phi) is 4.94. The molecular weight excluding hydrogens is 219 g/mol. The summed E-state index contributed by atoms with van der Waals surface area (Å²) in [6.45, 7) is 4.36. The van der Waals surface area contributed by atoms with Crippen LogP contribution in [0.3, 0.4) is 0 Å². The number of carbonyl (C=O) groups excluding carboxylic acids is 1. The summed E-state index contributed by atoms with van der Waals surface area (Å²) in [6, 6.07) is 4.42. The number of hydrogen-bond acceptors (Lipinski definition) is 2. The van der Waals surface area contributed by atoms with Crippen molar-refractivity contribution < 1.29 is 9.18 Å². The van der Waals surface area contributed by atoms with Crippen LogP contribution in [0.25, 0.3) is 0 Å². The lowest BCUT2D eigenvalue weighted by Gasteiger charge is -2.22. The maximum absolute atomic E-state index is 13.8. The Morgan fingerprint density at radius 3 is 2.65 bits per heavy atom. The lowest BCUT2D eigenvalue weighted by atomic mass is 10.2. The highest BCUT2D eigenvalue weighted by molar-refractivity contribution is 5.93. The molecule has 1 aromatic rings. The molecule has 1 rings (SSSR count). The van der Waals surface area contributed by atoms with Crippen molar-refractivity contribution in [3.8, 4) is 0 Å². The van der Waals surface area contributed by atoms with Crippen LogP contribution >= 0.6 is 0 Å². The number of rotatable bonds is 5. The highest BCUT2D eigenvalue weighted by atomic mass is 19.1. The number of benzene rings is 1. The van der Waals surface area contributed by atoms with Gasteiger partial charge in [0.25, 0.3) is 0 Å². The molecule has 0 atom stereocenters. The van der Waals surface area contributed by atoms with Crippen molar-refractivity contribution in [2.75, 3.05) is 17.2 Å². The van der Waals surface area contributed by atoms with Crippen LogP contribution in [-0.2, 0) is 4.79 Å². The van der Waals surface area contributed by atoms with E-state index in [0.717, 1.165) is 12.8 Å². The smallest absolute Gasteiger partial charge is 0.226 e. The van der Waals surface area contributed by atoms with Gasteiger partial charge < -0.3 is 10.6 Å². The van der Waals surface area contributed by atoms with E-state index in [1.807, 2.05) is 6.92 Å². The molecule has 1 aromatic carbocycles. The molecule has 0 fully saturated rings. The van der Waals surface area contributed by atoms with Gasteiger partial charge >= 0.3 is 0 Å². The Morgan fingerprint density at radius 2 is 2.12 bits per heavy atom. The van der Waals surface area contributed by atoms with Gasteiger partial charge in [-0.2, -0.15) is 0 Å². The minimum Gasteiger partial charge on any atom is -0.399 e. The first kappa shape index (κ1) is 13.5. The number of amides is 1. The summed E-state index contributed by atoms with van der Waals surface area (Å²) in [7, 11) is 0. The van der Waals surface area contributed by atoms with Crippen LogP contribution in [0.2, 0.25) is 0 Å². The fraction of sp³-hybridized carbons (Fsp3) is 0.462. The molecule has 0 aliphatic heterocycles. The van der Waals surface area contributed by atoms with Gasteiger partial charge in [-0.05, 0) is 24.6 Å². The van der Waals surface area contributed by atoms with E-state index in [0.29, 0.717) is 24.3 Å². The number of hydrogen-bond donors (Lipinski definition) is 1. The summed E-state index contributed by atoms with van der Waals surface area (Å²) in [4.78, 5) is 13.3. The highest BCUT2D eigenvalue weighted by Gasteiger charge is 2.16. The Hall–Kier alpha value is -1.58. The Balaban J connectivity index is 2.99. The van der Waals surface area contributed by atoms with Gasteiger partial charge in [0.1, 0.15) is 5.82 Å². The number of carbonyl (C=O) groups is 1. The van der Waals surface area contributed by atoms with Gasteiger partial charge in [-0.15, -0.1) is 0 Å². The van der Waals surface area contributed by atoms with Crippen molar-refractivity contribution in [3.63, 3.8) is 0 Å². The minimum atomic E-state index is -0.442. The van der Waals surface area contributed by atoms with Gasteiger partial charge in [0.15, 0.2) is 0 Å². The van der Waals surface area contributed by atoms with Gasteiger partial charge in [0.2, 0.25) is 5.91 Å². The van der Waals surface area contributed by atoms with Crippen molar-refractivity contribution >= 4 is 17.3 Å². The van der Waals surface area contributed by atoms with Crippen LogP contribution < -0.4 is 10.6 Å². The van der Waals surface area contributed by atoms with Gasteiger partial charge in [-0.1, -0.05) is 20.3 Å². The SMILES string of the molecule is CCCCN(C(=O)CC)c1ccc(N)cc1F. The third kappa shape index (κ3) is 3.44. The molecule has 0 aliphatic carbocycles. The van der Waals surface area contributed by atoms with Gasteiger partial charge in [0.05, 0.1) is 5.69 Å². The van der Waals surface area contributed by atoms with Crippen molar-refractivity contribution in [3.05, 3.63) is 24.0 Å². The second-order valence-corrected chi connectivity index (χ2v) is 3.96. The molecule has 4 heteroatoms. The molecule has 0 unspecified atom stereocenters. The van der Waals surface area contributed by atoms with Crippen LogP contribution in [0.1, 0.15) is 33.1 Å². The fourth-order valence-electron chi connectivity index (χ4n) is 1.63. The fourth-order valence-corrected chi connectivity index (χ4v) is 1.63. The first-order valence-corrected chi connectivity index (χ1v) is 5.95. The van der Waals surface area contributed by atoms with Crippen LogP contribution in [0, 0.1) is 5.82 Å². The first-order valence-electron chi connectivity index (χ1n) is 5.95. The predicted octanol–water partition coefficient (Wildman–Crippen LogP) is 2.95. The van der Waals surface area contributed by atoms with Crippen LogP contribution in [0.4, 0.5) is 15.8 Å². The Labute approximate surface area is 101 Å². The number of nitrogens with zero attached hydrogens (tertiary/aromatic N) is 1. The topological polar surface area (TPSA) is 46.3 Å². The Bertz CT molecular complexity index is 393. The quantitative estimate of drug-likeness (QED) is 0.802. The van der Waals surface area contributed by atoms with E-state index in [4.69, 9.17) is 5.73 Å². The molecule has 0 aliphatic rings.